The van der Waals surface area contributed by atoms with Gasteiger partial charge < -0.3 is 10.5 Å². The predicted molar refractivity (Wildman–Crippen MR) is 137 cm³/mol. The minimum absolute atomic E-state index is 0.0683. The molecule has 0 aromatic heterocycles. The number of hydrogen-bond acceptors (Lipinski definition) is 4. The number of nitrogens with two attached hydrogens (primary N) is 1. The van der Waals surface area contributed by atoms with Crippen molar-refractivity contribution in [3.63, 3.8) is 0 Å². The molecule has 0 aliphatic rings. The smallest absolute Gasteiger partial charge is 0.405 e. The van der Waals surface area contributed by atoms with E-state index in [-0.39, 0.29) is 38.5 Å². The number of benzene rings is 3. The van der Waals surface area contributed by atoms with E-state index in [1.165, 1.54) is 55.5 Å². The van der Waals surface area contributed by atoms with Crippen molar-refractivity contribution in [2.75, 3.05) is 5.75 Å². The van der Waals surface area contributed by atoms with Gasteiger partial charge in [-0.2, -0.15) is 0 Å². The van der Waals surface area contributed by atoms with Crippen molar-refractivity contribution >= 4 is 27.3 Å². The first-order valence-electron chi connectivity index (χ1n) is 11.5. The third-order valence-electron chi connectivity index (χ3n) is 5.77. The zero-order chi connectivity index (χ0) is 27.5. The number of sulfone groups is 1. The molecule has 0 bridgehead atoms. The first kappa shape index (κ1) is 28.5. The van der Waals surface area contributed by atoms with E-state index in [2.05, 4.69) is 4.74 Å². The van der Waals surface area contributed by atoms with Gasteiger partial charge >= 0.3 is 6.36 Å². The van der Waals surface area contributed by atoms with Gasteiger partial charge in [0.25, 0.3) is 0 Å². The molecule has 5 nitrogen and oxygen atoms in total. The second-order valence-corrected chi connectivity index (χ2v) is 11.7. The molecule has 0 fully saturated rings. The summed E-state index contributed by atoms with van der Waals surface area (Å²) in [5.74, 6) is -1.87. The summed E-state index contributed by atoms with van der Waals surface area (Å²) in [5, 5.41) is 0.0950. The SMILES string of the molecule is CCS(=O)(=O)c1ccc(C(C(N)=O)c2ccc(-c3ccc(CC(C)C)cc3OC(F)(F)F)c(Cl)c2)cc1. The van der Waals surface area contributed by atoms with Crippen molar-refractivity contribution in [3.8, 4) is 16.9 Å². The minimum atomic E-state index is -4.90. The summed E-state index contributed by atoms with van der Waals surface area (Å²) in [5.41, 5.74) is 7.63. The fourth-order valence-corrected chi connectivity index (χ4v) is 5.26. The Morgan fingerprint density at radius 3 is 2.08 bits per heavy atom. The molecule has 1 amide bonds. The van der Waals surface area contributed by atoms with Crippen LogP contribution in [0.15, 0.2) is 65.6 Å². The van der Waals surface area contributed by atoms with Gasteiger partial charge in [-0.15, -0.1) is 13.2 Å². The van der Waals surface area contributed by atoms with Crippen LogP contribution in [0.4, 0.5) is 13.2 Å². The summed E-state index contributed by atoms with van der Waals surface area (Å²) >= 11 is 6.50. The third-order valence-corrected chi connectivity index (χ3v) is 7.83. The van der Waals surface area contributed by atoms with Gasteiger partial charge in [-0.3, -0.25) is 4.79 Å². The van der Waals surface area contributed by atoms with Gasteiger partial charge in [0.15, 0.2) is 9.84 Å². The Kier molecular flexibility index (Phi) is 8.59. The molecule has 0 heterocycles. The molecule has 3 rings (SSSR count). The summed E-state index contributed by atoms with van der Waals surface area (Å²) in [6.07, 6.45) is -4.33. The van der Waals surface area contributed by atoms with Gasteiger partial charge in [0, 0.05) is 16.1 Å². The Morgan fingerprint density at radius 1 is 0.973 bits per heavy atom. The molecule has 0 aliphatic carbocycles. The number of hydrogen-bond donors (Lipinski definition) is 1. The highest BCUT2D eigenvalue weighted by molar-refractivity contribution is 7.91. The molecular weight excluding hydrogens is 527 g/mol. The van der Waals surface area contributed by atoms with Crippen LogP contribution in [0.5, 0.6) is 5.75 Å². The van der Waals surface area contributed by atoms with Gasteiger partial charge in [0.2, 0.25) is 5.91 Å². The monoisotopic (exact) mass is 553 g/mol. The topological polar surface area (TPSA) is 86.5 Å². The molecule has 0 radical (unpaired) electrons. The van der Waals surface area contributed by atoms with E-state index in [1.807, 2.05) is 13.8 Å². The van der Waals surface area contributed by atoms with Crippen LogP contribution in [0.3, 0.4) is 0 Å². The normalized spacial score (nSPS) is 13.0. The Hall–Kier alpha value is -3.04. The van der Waals surface area contributed by atoms with Gasteiger partial charge in [-0.25, -0.2) is 8.42 Å². The lowest BCUT2D eigenvalue weighted by Gasteiger charge is -2.19. The molecule has 3 aromatic carbocycles. The van der Waals surface area contributed by atoms with Gasteiger partial charge in [-0.05, 0) is 53.3 Å². The third kappa shape index (κ3) is 7.05. The van der Waals surface area contributed by atoms with Crippen LogP contribution in [0.25, 0.3) is 11.1 Å². The van der Waals surface area contributed by atoms with E-state index in [0.717, 1.165) is 0 Å². The van der Waals surface area contributed by atoms with E-state index >= 15 is 0 Å². The summed E-state index contributed by atoms with van der Waals surface area (Å²) in [6, 6.07) is 14.9. The lowest BCUT2D eigenvalue weighted by atomic mass is 9.89. The second-order valence-electron chi connectivity index (χ2n) is 9.02. The van der Waals surface area contributed by atoms with Crippen LogP contribution in [0.1, 0.15) is 43.4 Å². The maximum absolute atomic E-state index is 13.2. The van der Waals surface area contributed by atoms with E-state index in [1.54, 1.807) is 12.1 Å². The average molecular weight is 554 g/mol. The van der Waals surface area contributed by atoms with Crippen molar-refractivity contribution in [3.05, 3.63) is 82.4 Å². The van der Waals surface area contributed by atoms with E-state index < -0.39 is 28.0 Å². The van der Waals surface area contributed by atoms with Crippen molar-refractivity contribution in [1.82, 2.24) is 0 Å². The van der Waals surface area contributed by atoms with Crippen LogP contribution < -0.4 is 10.5 Å². The number of carbonyl (C=O) groups is 1. The fourth-order valence-electron chi connectivity index (χ4n) is 4.08. The molecular formula is C27H27ClF3NO4S. The minimum Gasteiger partial charge on any atom is -0.405 e. The van der Waals surface area contributed by atoms with Gasteiger partial charge in [0.05, 0.1) is 16.6 Å². The Morgan fingerprint density at radius 2 is 1.57 bits per heavy atom. The number of halogens is 4. The van der Waals surface area contributed by atoms with E-state index in [4.69, 9.17) is 17.3 Å². The quantitative estimate of drug-likeness (QED) is 0.327. The zero-order valence-corrected chi connectivity index (χ0v) is 22.0. The van der Waals surface area contributed by atoms with Crippen LogP contribution in [-0.4, -0.2) is 26.4 Å². The molecule has 0 saturated heterocycles. The lowest BCUT2D eigenvalue weighted by molar-refractivity contribution is -0.274. The standard InChI is InChI=1S/C27H27ClF3NO4S/c1-4-37(34,35)20-9-6-18(7-10-20)25(26(32)33)19-8-12-21(23(28)15-19)22-11-5-17(13-16(2)3)14-24(22)36-27(29,30)31/h5-12,14-16,25H,4,13H2,1-3H3,(H2,32,33). The first-order valence-corrected chi connectivity index (χ1v) is 13.6. The van der Waals surface area contributed by atoms with Crippen molar-refractivity contribution in [2.24, 2.45) is 11.7 Å². The number of amides is 1. The number of rotatable bonds is 9. The van der Waals surface area contributed by atoms with Crippen molar-refractivity contribution in [1.29, 1.82) is 0 Å². The van der Waals surface area contributed by atoms with Crippen LogP contribution in [0.2, 0.25) is 5.02 Å². The molecule has 0 aliphatic heterocycles. The molecule has 10 heteroatoms. The highest BCUT2D eigenvalue weighted by Crippen LogP contribution is 2.40. The maximum atomic E-state index is 13.2. The second kappa shape index (κ2) is 11.1. The Balaban J connectivity index is 2.04. The summed E-state index contributed by atoms with van der Waals surface area (Å²) in [6.45, 7) is 5.44. The average Bonchev–Trinajstić information content (AvgIpc) is 2.79. The highest BCUT2D eigenvalue weighted by atomic mass is 35.5. The summed E-state index contributed by atoms with van der Waals surface area (Å²) in [4.78, 5) is 12.5. The number of alkyl halides is 3. The van der Waals surface area contributed by atoms with Crippen LogP contribution >= 0.6 is 11.6 Å². The van der Waals surface area contributed by atoms with E-state index in [9.17, 15) is 26.4 Å². The molecule has 37 heavy (non-hydrogen) atoms. The molecule has 2 N–H and O–H groups in total. The Bertz CT molecular complexity index is 1390. The number of ether oxygens (including phenoxy) is 1. The maximum Gasteiger partial charge on any atom is 0.573 e. The fraction of sp³-hybridized carbons (Fsp3) is 0.296. The Labute approximate surface area is 219 Å². The lowest BCUT2D eigenvalue weighted by Crippen LogP contribution is -2.22. The van der Waals surface area contributed by atoms with Gasteiger partial charge in [0.1, 0.15) is 5.75 Å². The van der Waals surface area contributed by atoms with Crippen molar-refractivity contribution in [2.45, 2.75) is 44.4 Å². The highest BCUT2D eigenvalue weighted by Gasteiger charge is 2.33. The zero-order valence-electron chi connectivity index (χ0n) is 20.5. The molecule has 0 saturated carbocycles. The molecule has 3 aromatic rings. The number of primary amides is 1. The van der Waals surface area contributed by atoms with Gasteiger partial charge in [-0.1, -0.05) is 68.8 Å². The largest absolute Gasteiger partial charge is 0.573 e. The van der Waals surface area contributed by atoms with E-state index in [0.29, 0.717) is 23.1 Å². The number of carbonyl (C=O) groups excluding carboxylic acids is 1. The molecule has 198 valence electrons. The van der Waals surface area contributed by atoms with Crippen LogP contribution in [0, 0.1) is 5.92 Å². The molecule has 1 atom stereocenters. The predicted octanol–water partition coefficient (Wildman–Crippen LogP) is 6.51. The molecule has 1 unspecified atom stereocenters. The van der Waals surface area contributed by atoms with Crippen molar-refractivity contribution < 1.29 is 31.1 Å². The first-order chi connectivity index (χ1) is 17.2. The summed E-state index contributed by atoms with van der Waals surface area (Å²) < 4.78 is 68.0. The molecule has 0 spiro atoms. The van der Waals surface area contributed by atoms with Crippen LogP contribution in [-0.2, 0) is 21.1 Å². The summed E-state index contributed by atoms with van der Waals surface area (Å²) in [7, 11) is -3.42.